The van der Waals surface area contributed by atoms with E-state index in [1.807, 2.05) is 6.92 Å². The molecule has 22 heavy (non-hydrogen) atoms. The molecular formula is C15H20N4O3. The molecule has 1 amide bonds. The Morgan fingerprint density at radius 1 is 1.32 bits per heavy atom. The molecule has 1 rings (SSSR count). The first-order valence-corrected chi connectivity index (χ1v) is 6.64. The van der Waals surface area contributed by atoms with Crippen molar-refractivity contribution in [2.45, 2.75) is 6.92 Å². The Labute approximate surface area is 128 Å². The largest absolute Gasteiger partial charge is 0.504 e. The summed E-state index contributed by atoms with van der Waals surface area (Å²) >= 11 is 0. The Morgan fingerprint density at radius 2 is 2.00 bits per heavy atom. The summed E-state index contributed by atoms with van der Waals surface area (Å²) in [5.41, 5.74) is 6.62. The third-order valence-corrected chi connectivity index (χ3v) is 2.76. The average molecular weight is 304 g/mol. The summed E-state index contributed by atoms with van der Waals surface area (Å²) in [5, 5.41) is 24.3. The van der Waals surface area contributed by atoms with Gasteiger partial charge in [0.25, 0.3) is 5.91 Å². The summed E-state index contributed by atoms with van der Waals surface area (Å²) in [7, 11) is 0. The molecule has 0 atom stereocenters. The van der Waals surface area contributed by atoms with Gasteiger partial charge in [0, 0.05) is 24.9 Å². The van der Waals surface area contributed by atoms with E-state index in [0.29, 0.717) is 24.6 Å². The second-order valence-corrected chi connectivity index (χ2v) is 4.29. The first-order chi connectivity index (χ1) is 10.5. The lowest BCUT2D eigenvalue weighted by Gasteiger charge is -2.11. The smallest absolute Gasteiger partial charge is 0.251 e. The van der Waals surface area contributed by atoms with Gasteiger partial charge in [-0.2, -0.15) is 0 Å². The maximum absolute atomic E-state index is 11.9. The second-order valence-electron chi connectivity index (χ2n) is 4.29. The highest BCUT2D eigenvalue weighted by molar-refractivity contribution is 5.96. The standard InChI is InChI=1S/C15H20N4O3/c1-3-11(14(16)17-4-2)18-7-8-19-15(22)10-5-6-12(20)13(21)9-10/h3-6,9,18,20-21H,2,7-8H2,1H3,(H2,16,17)(H,19,22)/b11-3+. The molecule has 0 saturated carbocycles. The first kappa shape index (κ1) is 17.1. The predicted molar refractivity (Wildman–Crippen MR) is 85.7 cm³/mol. The summed E-state index contributed by atoms with van der Waals surface area (Å²) in [6.45, 7) is 6.07. The van der Waals surface area contributed by atoms with E-state index in [0.717, 1.165) is 0 Å². The van der Waals surface area contributed by atoms with Gasteiger partial charge in [0.15, 0.2) is 11.5 Å². The number of amides is 1. The SMILES string of the molecule is C=CN=C(N)/C(=C\C)NCCNC(=O)c1ccc(O)c(O)c1. The number of phenols is 2. The minimum atomic E-state index is -0.355. The molecule has 6 N–H and O–H groups in total. The number of nitrogens with two attached hydrogens (primary N) is 1. The van der Waals surface area contributed by atoms with Crippen LogP contribution in [0.3, 0.4) is 0 Å². The number of benzene rings is 1. The highest BCUT2D eigenvalue weighted by Crippen LogP contribution is 2.24. The van der Waals surface area contributed by atoms with Crippen molar-refractivity contribution in [2.75, 3.05) is 13.1 Å². The lowest BCUT2D eigenvalue weighted by atomic mass is 10.2. The van der Waals surface area contributed by atoms with Crippen LogP contribution in [0, 0.1) is 0 Å². The van der Waals surface area contributed by atoms with Gasteiger partial charge in [0.05, 0.1) is 5.70 Å². The molecule has 118 valence electrons. The predicted octanol–water partition coefficient (Wildman–Crippen LogP) is 0.822. The normalized spacial score (nSPS) is 11.9. The number of carbonyl (C=O) groups excluding carboxylic acids is 1. The molecule has 0 bridgehead atoms. The van der Waals surface area contributed by atoms with Crippen molar-refractivity contribution in [3.05, 3.63) is 48.3 Å². The molecule has 0 radical (unpaired) electrons. The van der Waals surface area contributed by atoms with Crippen LogP contribution in [0.2, 0.25) is 0 Å². The molecule has 7 heteroatoms. The fourth-order valence-electron chi connectivity index (χ4n) is 1.65. The minimum absolute atomic E-state index is 0.259. The van der Waals surface area contributed by atoms with Crippen molar-refractivity contribution in [3.63, 3.8) is 0 Å². The van der Waals surface area contributed by atoms with Gasteiger partial charge in [-0.3, -0.25) is 4.79 Å². The molecule has 7 nitrogen and oxygen atoms in total. The number of carbonyl (C=O) groups is 1. The number of aromatic hydroxyl groups is 2. The third kappa shape index (κ3) is 4.86. The van der Waals surface area contributed by atoms with Crippen molar-refractivity contribution in [3.8, 4) is 11.5 Å². The van der Waals surface area contributed by atoms with Gasteiger partial charge in [0.1, 0.15) is 5.84 Å². The molecule has 0 heterocycles. The molecule has 0 saturated heterocycles. The maximum atomic E-state index is 11.9. The van der Waals surface area contributed by atoms with Crippen LogP contribution in [0.15, 0.2) is 47.7 Å². The molecule has 1 aromatic carbocycles. The number of hydrogen-bond donors (Lipinski definition) is 5. The van der Waals surface area contributed by atoms with Crippen molar-refractivity contribution >= 4 is 11.7 Å². The summed E-state index contributed by atoms with van der Waals surface area (Å²) in [6.07, 6.45) is 3.11. The van der Waals surface area contributed by atoms with Crippen LogP contribution in [-0.4, -0.2) is 35.0 Å². The minimum Gasteiger partial charge on any atom is -0.504 e. The monoisotopic (exact) mass is 304 g/mol. The van der Waals surface area contributed by atoms with E-state index in [-0.39, 0.29) is 23.0 Å². The van der Waals surface area contributed by atoms with Crippen molar-refractivity contribution in [1.82, 2.24) is 10.6 Å². The number of nitrogens with one attached hydrogen (secondary N) is 2. The van der Waals surface area contributed by atoms with Crippen LogP contribution in [-0.2, 0) is 0 Å². The summed E-state index contributed by atoms with van der Waals surface area (Å²) in [5.74, 6) is -0.651. The molecule has 0 aliphatic rings. The fraction of sp³-hybridized carbons (Fsp3) is 0.200. The van der Waals surface area contributed by atoms with Crippen LogP contribution >= 0.6 is 0 Å². The molecule has 0 aliphatic heterocycles. The zero-order valence-electron chi connectivity index (χ0n) is 12.3. The summed E-state index contributed by atoms with van der Waals surface area (Å²) in [6, 6.07) is 3.88. The van der Waals surface area contributed by atoms with Gasteiger partial charge < -0.3 is 26.6 Å². The van der Waals surface area contributed by atoms with E-state index in [9.17, 15) is 15.0 Å². The Balaban J connectivity index is 2.47. The van der Waals surface area contributed by atoms with Crippen molar-refractivity contribution in [1.29, 1.82) is 0 Å². The fourth-order valence-corrected chi connectivity index (χ4v) is 1.65. The summed E-state index contributed by atoms with van der Waals surface area (Å²) in [4.78, 5) is 15.7. The summed E-state index contributed by atoms with van der Waals surface area (Å²) < 4.78 is 0. The highest BCUT2D eigenvalue weighted by Gasteiger charge is 2.08. The Kier molecular flexibility index (Phi) is 6.49. The van der Waals surface area contributed by atoms with E-state index in [1.54, 1.807) is 6.08 Å². The topological polar surface area (TPSA) is 120 Å². The van der Waals surface area contributed by atoms with Gasteiger partial charge in [-0.05, 0) is 25.1 Å². The van der Waals surface area contributed by atoms with E-state index in [1.165, 1.54) is 24.4 Å². The van der Waals surface area contributed by atoms with E-state index in [2.05, 4.69) is 22.2 Å². The number of hydrogen-bond acceptors (Lipinski definition) is 5. The van der Waals surface area contributed by atoms with E-state index < -0.39 is 0 Å². The molecule has 0 fully saturated rings. The van der Waals surface area contributed by atoms with Crippen LogP contribution in [0.1, 0.15) is 17.3 Å². The Hall–Kier alpha value is -2.96. The number of aliphatic imine (C=N–C) groups is 1. The molecule has 0 unspecified atom stereocenters. The number of amidine groups is 1. The molecule has 0 aromatic heterocycles. The zero-order chi connectivity index (χ0) is 16.5. The van der Waals surface area contributed by atoms with E-state index >= 15 is 0 Å². The number of phenolic OH excluding ortho intramolecular Hbond substituents is 2. The lowest BCUT2D eigenvalue weighted by Crippen LogP contribution is -2.34. The van der Waals surface area contributed by atoms with Crippen LogP contribution < -0.4 is 16.4 Å². The van der Waals surface area contributed by atoms with Gasteiger partial charge in [0.2, 0.25) is 0 Å². The van der Waals surface area contributed by atoms with E-state index in [4.69, 9.17) is 5.73 Å². The average Bonchev–Trinajstić information content (AvgIpc) is 2.50. The highest BCUT2D eigenvalue weighted by atomic mass is 16.3. The maximum Gasteiger partial charge on any atom is 0.251 e. The van der Waals surface area contributed by atoms with Crippen LogP contribution in [0.4, 0.5) is 0 Å². The molecule has 1 aromatic rings. The third-order valence-electron chi connectivity index (χ3n) is 2.76. The van der Waals surface area contributed by atoms with Crippen molar-refractivity contribution in [2.24, 2.45) is 10.7 Å². The molecular weight excluding hydrogens is 284 g/mol. The molecule has 0 aliphatic carbocycles. The van der Waals surface area contributed by atoms with Crippen LogP contribution in [0.5, 0.6) is 11.5 Å². The van der Waals surface area contributed by atoms with Crippen molar-refractivity contribution < 1.29 is 15.0 Å². The quantitative estimate of drug-likeness (QED) is 0.221. The van der Waals surface area contributed by atoms with Gasteiger partial charge >= 0.3 is 0 Å². The van der Waals surface area contributed by atoms with Gasteiger partial charge in [-0.1, -0.05) is 12.7 Å². The second kappa shape index (κ2) is 8.35. The number of rotatable bonds is 7. The lowest BCUT2D eigenvalue weighted by molar-refractivity contribution is 0.0954. The number of nitrogens with zero attached hydrogens (tertiary/aromatic N) is 1. The Bertz CT molecular complexity index is 609. The van der Waals surface area contributed by atoms with Crippen LogP contribution in [0.25, 0.3) is 0 Å². The van der Waals surface area contributed by atoms with Gasteiger partial charge in [-0.25, -0.2) is 4.99 Å². The zero-order valence-corrected chi connectivity index (χ0v) is 12.3. The Morgan fingerprint density at radius 3 is 2.59 bits per heavy atom. The first-order valence-electron chi connectivity index (χ1n) is 6.64. The van der Waals surface area contributed by atoms with Gasteiger partial charge in [-0.15, -0.1) is 0 Å². The molecule has 0 spiro atoms. The number of allylic oxidation sites excluding steroid dienone is 1.